The topological polar surface area (TPSA) is 42.4 Å². The third-order valence-corrected chi connectivity index (χ3v) is 3.76. The molecule has 0 saturated heterocycles. The number of hydrogen-bond acceptors (Lipinski definition) is 4. The van der Waals surface area contributed by atoms with Crippen molar-refractivity contribution in [3.8, 4) is 5.75 Å². The molecule has 0 spiro atoms. The van der Waals surface area contributed by atoms with Crippen LogP contribution in [0.25, 0.3) is 0 Å². The predicted octanol–water partition coefficient (Wildman–Crippen LogP) is 3.06. The van der Waals surface area contributed by atoms with E-state index in [1.54, 1.807) is 24.8 Å². The van der Waals surface area contributed by atoms with Crippen molar-refractivity contribution in [2.75, 3.05) is 13.6 Å². The number of carbonyl (C=O) groups excluding carboxylic acids is 1. The highest BCUT2D eigenvalue weighted by Crippen LogP contribution is 2.27. The molecular formula is C14H14F2N2O2S. The fraction of sp³-hybridized carbons (Fsp3) is 0.286. The van der Waals surface area contributed by atoms with Crippen molar-refractivity contribution in [1.82, 2.24) is 9.88 Å². The largest absolute Gasteiger partial charge is 0.433 e. The Kier molecular flexibility index (Phi) is 5.21. The van der Waals surface area contributed by atoms with Gasteiger partial charge in [0, 0.05) is 26.0 Å². The van der Waals surface area contributed by atoms with Crippen LogP contribution in [0.4, 0.5) is 8.78 Å². The summed E-state index contributed by atoms with van der Waals surface area (Å²) in [5, 5.41) is 1.56. The second-order valence-corrected chi connectivity index (χ2v) is 5.24. The van der Waals surface area contributed by atoms with Crippen LogP contribution in [-0.4, -0.2) is 36.0 Å². The number of amides is 1. The van der Waals surface area contributed by atoms with Gasteiger partial charge in [0.05, 0.1) is 0 Å². The Morgan fingerprint density at radius 2 is 2.10 bits per heavy atom. The zero-order chi connectivity index (χ0) is 15.2. The van der Waals surface area contributed by atoms with E-state index >= 15 is 0 Å². The second-order valence-electron chi connectivity index (χ2n) is 4.32. The average Bonchev–Trinajstić information content (AvgIpc) is 2.92. The standard InChI is InChI=1S/C14H14F2N2O2S/c1-18(8-4-10-2-6-17-7-3-10)13(19)12-11(5-9-21-12)20-14(15)16/h2-3,5-7,9,14H,4,8H2,1H3. The van der Waals surface area contributed by atoms with Crippen molar-refractivity contribution in [3.63, 3.8) is 0 Å². The van der Waals surface area contributed by atoms with Crippen molar-refractivity contribution >= 4 is 17.2 Å². The van der Waals surface area contributed by atoms with Crippen LogP contribution in [0.15, 0.2) is 36.0 Å². The molecule has 0 saturated carbocycles. The zero-order valence-electron chi connectivity index (χ0n) is 11.3. The average molecular weight is 312 g/mol. The third-order valence-electron chi connectivity index (χ3n) is 2.87. The van der Waals surface area contributed by atoms with Crippen LogP contribution in [-0.2, 0) is 6.42 Å². The van der Waals surface area contributed by atoms with Crippen molar-refractivity contribution < 1.29 is 18.3 Å². The van der Waals surface area contributed by atoms with E-state index in [1.807, 2.05) is 12.1 Å². The van der Waals surface area contributed by atoms with Gasteiger partial charge in [-0.05, 0) is 35.6 Å². The van der Waals surface area contributed by atoms with Gasteiger partial charge >= 0.3 is 6.61 Å². The van der Waals surface area contributed by atoms with E-state index in [0.717, 1.165) is 16.9 Å². The van der Waals surface area contributed by atoms with Crippen LogP contribution >= 0.6 is 11.3 Å². The highest BCUT2D eigenvalue weighted by molar-refractivity contribution is 7.12. The van der Waals surface area contributed by atoms with Gasteiger partial charge in [0.1, 0.15) is 10.6 Å². The van der Waals surface area contributed by atoms with Gasteiger partial charge in [0.25, 0.3) is 5.91 Å². The first-order chi connectivity index (χ1) is 10.1. The summed E-state index contributed by atoms with van der Waals surface area (Å²) in [6, 6.07) is 5.12. The minimum Gasteiger partial charge on any atom is -0.433 e. The number of alkyl halides is 2. The first kappa shape index (κ1) is 15.4. The number of thiophene rings is 1. The number of nitrogens with zero attached hydrogens (tertiary/aromatic N) is 2. The molecule has 0 aromatic carbocycles. The summed E-state index contributed by atoms with van der Waals surface area (Å²) >= 11 is 1.09. The third kappa shape index (κ3) is 4.22. The van der Waals surface area contributed by atoms with Crippen molar-refractivity contribution in [3.05, 3.63) is 46.4 Å². The smallest absolute Gasteiger partial charge is 0.387 e. The number of rotatable bonds is 6. The van der Waals surface area contributed by atoms with Crippen LogP contribution in [0, 0.1) is 0 Å². The highest BCUT2D eigenvalue weighted by atomic mass is 32.1. The quantitative estimate of drug-likeness (QED) is 0.823. The number of carbonyl (C=O) groups is 1. The predicted molar refractivity (Wildman–Crippen MR) is 75.9 cm³/mol. The number of likely N-dealkylation sites (N-methyl/N-ethyl adjacent to an activating group) is 1. The molecule has 0 N–H and O–H groups in total. The molecule has 2 aromatic heterocycles. The lowest BCUT2D eigenvalue weighted by Gasteiger charge is -2.17. The summed E-state index contributed by atoms with van der Waals surface area (Å²) in [5.41, 5.74) is 1.06. The van der Waals surface area contributed by atoms with Crippen molar-refractivity contribution in [2.24, 2.45) is 0 Å². The summed E-state index contributed by atoms with van der Waals surface area (Å²) in [5.74, 6) is -0.398. The molecule has 4 nitrogen and oxygen atoms in total. The number of hydrogen-bond donors (Lipinski definition) is 0. The molecule has 0 unspecified atom stereocenters. The normalized spacial score (nSPS) is 10.7. The van der Waals surface area contributed by atoms with Gasteiger partial charge in [-0.2, -0.15) is 8.78 Å². The lowest BCUT2D eigenvalue weighted by atomic mass is 10.2. The lowest BCUT2D eigenvalue weighted by molar-refractivity contribution is -0.0499. The Hall–Kier alpha value is -2.02. The molecule has 2 aromatic rings. The van der Waals surface area contributed by atoms with Gasteiger partial charge in [-0.3, -0.25) is 9.78 Å². The maximum atomic E-state index is 12.3. The zero-order valence-corrected chi connectivity index (χ0v) is 12.1. The van der Waals surface area contributed by atoms with E-state index < -0.39 is 6.61 Å². The molecule has 2 rings (SSSR count). The van der Waals surface area contributed by atoms with Crippen LogP contribution in [0.1, 0.15) is 15.2 Å². The minimum atomic E-state index is -2.94. The molecule has 0 aliphatic heterocycles. The summed E-state index contributed by atoms with van der Waals surface area (Å²) in [6.07, 6.45) is 4.04. The molecule has 2 heterocycles. The molecule has 0 aliphatic rings. The van der Waals surface area contributed by atoms with Crippen LogP contribution < -0.4 is 4.74 Å². The van der Waals surface area contributed by atoms with Gasteiger partial charge in [-0.1, -0.05) is 0 Å². The molecule has 0 fully saturated rings. The molecule has 1 amide bonds. The van der Waals surface area contributed by atoms with E-state index in [-0.39, 0.29) is 16.5 Å². The molecule has 7 heteroatoms. The Bertz CT molecular complexity index is 590. The van der Waals surface area contributed by atoms with Gasteiger partial charge in [0.2, 0.25) is 0 Å². The Morgan fingerprint density at radius 1 is 1.38 bits per heavy atom. The maximum Gasteiger partial charge on any atom is 0.387 e. The van der Waals surface area contributed by atoms with Gasteiger partial charge < -0.3 is 9.64 Å². The second kappa shape index (κ2) is 7.12. The number of halogens is 2. The highest BCUT2D eigenvalue weighted by Gasteiger charge is 2.20. The SMILES string of the molecule is CN(CCc1ccncc1)C(=O)c1sccc1OC(F)F. The monoisotopic (exact) mass is 312 g/mol. The number of pyridine rings is 1. The molecule has 21 heavy (non-hydrogen) atoms. The van der Waals surface area contributed by atoms with Gasteiger partial charge in [0.15, 0.2) is 0 Å². The molecule has 0 aliphatic carbocycles. The fourth-order valence-corrected chi connectivity index (χ4v) is 2.58. The summed E-state index contributed by atoms with van der Waals surface area (Å²) in [4.78, 5) is 17.8. The van der Waals surface area contributed by atoms with E-state index in [1.165, 1.54) is 11.0 Å². The number of aromatic nitrogens is 1. The van der Waals surface area contributed by atoms with E-state index in [4.69, 9.17) is 0 Å². The Balaban J connectivity index is 1.98. The molecular weight excluding hydrogens is 298 g/mol. The van der Waals surface area contributed by atoms with Gasteiger partial charge in [-0.15, -0.1) is 11.3 Å². The van der Waals surface area contributed by atoms with E-state index in [0.29, 0.717) is 13.0 Å². The molecule has 0 bridgehead atoms. The van der Waals surface area contributed by atoms with Crippen molar-refractivity contribution in [1.29, 1.82) is 0 Å². The molecule has 0 atom stereocenters. The number of ether oxygens (including phenoxy) is 1. The maximum absolute atomic E-state index is 12.3. The minimum absolute atomic E-state index is 0.0734. The van der Waals surface area contributed by atoms with E-state index in [9.17, 15) is 13.6 Å². The summed E-state index contributed by atoms with van der Waals surface area (Å²) in [6.45, 7) is -2.46. The van der Waals surface area contributed by atoms with Crippen molar-refractivity contribution in [2.45, 2.75) is 13.0 Å². The summed E-state index contributed by atoms with van der Waals surface area (Å²) < 4.78 is 28.9. The Labute approximate surface area is 125 Å². The fourth-order valence-electron chi connectivity index (χ4n) is 1.76. The first-order valence-corrected chi connectivity index (χ1v) is 7.12. The molecule has 0 radical (unpaired) electrons. The van der Waals surface area contributed by atoms with Crippen LogP contribution in [0.5, 0.6) is 5.75 Å². The lowest BCUT2D eigenvalue weighted by Crippen LogP contribution is -2.28. The summed E-state index contributed by atoms with van der Waals surface area (Å²) in [7, 11) is 1.63. The van der Waals surface area contributed by atoms with Gasteiger partial charge in [-0.25, -0.2) is 0 Å². The van der Waals surface area contributed by atoms with E-state index in [2.05, 4.69) is 9.72 Å². The first-order valence-electron chi connectivity index (χ1n) is 6.24. The van der Waals surface area contributed by atoms with Crippen LogP contribution in [0.3, 0.4) is 0 Å². The van der Waals surface area contributed by atoms with Crippen LogP contribution in [0.2, 0.25) is 0 Å². The molecule has 112 valence electrons. The Morgan fingerprint density at radius 3 is 2.76 bits per heavy atom.